The summed E-state index contributed by atoms with van der Waals surface area (Å²) in [6.07, 6.45) is 0. The number of halogens is 2. The Balaban J connectivity index is 1.40. The molecule has 2 aliphatic rings. The maximum absolute atomic E-state index is 13.9. The van der Waals surface area contributed by atoms with Crippen LogP contribution < -0.4 is 15.5 Å². The molecule has 226 valence electrons. The van der Waals surface area contributed by atoms with Gasteiger partial charge in [-0.05, 0) is 51.2 Å². The third-order valence-electron chi connectivity index (χ3n) is 7.80. The van der Waals surface area contributed by atoms with Crippen LogP contribution in [-0.4, -0.2) is 87.2 Å². The lowest BCUT2D eigenvalue weighted by Gasteiger charge is -2.34. The minimum atomic E-state index is -4.30. The number of piperazine rings is 1. The van der Waals surface area contributed by atoms with Crippen LogP contribution in [0.2, 0.25) is 0 Å². The summed E-state index contributed by atoms with van der Waals surface area (Å²) in [7, 11) is -0.612. The molecule has 0 bridgehead atoms. The van der Waals surface area contributed by atoms with Crippen molar-refractivity contribution in [1.29, 1.82) is 0 Å². The van der Waals surface area contributed by atoms with Gasteiger partial charge in [-0.3, -0.25) is 9.89 Å². The maximum Gasteiger partial charge on any atom is 0.258 e. The van der Waals surface area contributed by atoms with Gasteiger partial charge in [-0.25, -0.2) is 17.2 Å². The van der Waals surface area contributed by atoms with Crippen LogP contribution in [0.5, 0.6) is 0 Å². The molecule has 3 aromatic rings. The molecular weight excluding hydrogens is 568 g/mol. The summed E-state index contributed by atoms with van der Waals surface area (Å²) in [5.41, 5.74) is 1.82. The van der Waals surface area contributed by atoms with Gasteiger partial charge in [0.15, 0.2) is 5.82 Å². The first-order valence-corrected chi connectivity index (χ1v) is 15.0. The van der Waals surface area contributed by atoms with Crippen LogP contribution in [0.1, 0.15) is 35.5 Å². The van der Waals surface area contributed by atoms with Crippen molar-refractivity contribution in [2.24, 2.45) is 0 Å². The van der Waals surface area contributed by atoms with E-state index >= 15 is 0 Å². The van der Waals surface area contributed by atoms with Crippen molar-refractivity contribution in [1.82, 2.24) is 19.4 Å². The van der Waals surface area contributed by atoms with Gasteiger partial charge in [-0.15, -0.1) is 0 Å². The summed E-state index contributed by atoms with van der Waals surface area (Å²) in [5.74, 6) is -2.24. The van der Waals surface area contributed by atoms with Crippen molar-refractivity contribution in [3.8, 4) is 0 Å². The number of anilines is 3. The van der Waals surface area contributed by atoms with E-state index < -0.39 is 38.0 Å². The van der Waals surface area contributed by atoms with E-state index in [1.54, 1.807) is 27.0 Å². The van der Waals surface area contributed by atoms with Gasteiger partial charge in [0.1, 0.15) is 11.6 Å². The second kappa shape index (κ2) is 11.6. The van der Waals surface area contributed by atoms with Crippen LogP contribution in [-0.2, 0) is 26.8 Å². The summed E-state index contributed by atoms with van der Waals surface area (Å²) in [6, 6.07) is 7.79. The van der Waals surface area contributed by atoms with Gasteiger partial charge in [0.25, 0.3) is 5.91 Å². The number of hydrogen-bond donors (Lipinski definition) is 3. The number of amides is 1. The van der Waals surface area contributed by atoms with Crippen molar-refractivity contribution in [2.45, 2.75) is 30.8 Å². The Labute approximate surface area is 243 Å². The minimum absolute atomic E-state index is 0.157. The normalized spacial score (nSPS) is 17.3. The quantitative estimate of drug-likeness (QED) is 0.319. The molecule has 14 heteroatoms. The van der Waals surface area contributed by atoms with Crippen LogP contribution in [0.4, 0.5) is 26.0 Å². The Kier molecular flexibility index (Phi) is 8.25. The number of sulfonamides is 1. The van der Waals surface area contributed by atoms with E-state index in [9.17, 15) is 22.0 Å². The number of aromatic nitrogens is 2. The molecule has 2 aromatic carbocycles. The average Bonchev–Trinajstić information content (AvgIpc) is 3.46. The number of hydrogen-bond acceptors (Lipinski definition) is 8. The number of nitrogens with zero attached hydrogens (tertiary/aromatic N) is 4. The van der Waals surface area contributed by atoms with Gasteiger partial charge >= 0.3 is 0 Å². The number of likely N-dealkylation sites (N-methyl/N-ethyl adjacent to an activating group) is 1. The number of aromatic amines is 1. The molecule has 1 amide bonds. The third-order valence-corrected chi connectivity index (χ3v) is 9.80. The highest BCUT2D eigenvalue weighted by Gasteiger charge is 2.48. The van der Waals surface area contributed by atoms with Crippen LogP contribution in [0, 0.1) is 11.6 Å². The monoisotopic (exact) mass is 603 g/mol. The molecule has 1 saturated heterocycles. The number of carbonyl (C=O) groups is 1. The fourth-order valence-electron chi connectivity index (χ4n) is 5.39. The number of rotatable bonds is 9. The summed E-state index contributed by atoms with van der Waals surface area (Å²) >= 11 is 0. The van der Waals surface area contributed by atoms with Crippen molar-refractivity contribution in [3.63, 3.8) is 0 Å². The van der Waals surface area contributed by atoms with E-state index in [0.717, 1.165) is 48.3 Å². The Morgan fingerprint density at radius 1 is 1.10 bits per heavy atom. The SMILES string of the molecule is COCCNc1cc(N2CCN(C)CC2)ccc1C(=O)Nc1n[nH]c2c1CN(S(=O)(=O)c1cc(F)cc(F)c1)C2(C)C. The summed E-state index contributed by atoms with van der Waals surface area (Å²) in [6.45, 7) is 7.72. The van der Waals surface area contributed by atoms with Crippen LogP contribution in [0.15, 0.2) is 41.3 Å². The van der Waals surface area contributed by atoms with Crippen molar-refractivity contribution in [2.75, 3.05) is 69.0 Å². The second-order valence-corrected chi connectivity index (χ2v) is 12.9. The standard InChI is InChI=1S/C28H35F2N7O4S/c1-28(2)25-23(17-37(28)42(39,40)21-14-18(29)13-19(30)15-21)26(34-33-25)32-27(38)22-6-5-20(16-24(22)31-7-12-41-4)36-10-8-35(3)9-11-36/h5-6,13-16,31H,7-12,17H2,1-4H3,(H2,32,33,34,38). The van der Waals surface area contributed by atoms with Crippen LogP contribution in [0.25, 0.3) is 0 Å². The molecule has 5 rings (SSSR count). The first-order valence-electron chi connectivity index (χ1n) is 13.6. The van der Waals surface area contributed by atoms with Gasteiger partial charge in [-0.1, -0.05) is 0 Å². The predicted octanol–water partition coefficient (Wildman–Crippen LogP) is 3.19. The van der Waals surface area contributed by atoms with Crippen molar-refractivity contribution in [3.05, 3.63) is 64.9 Å². The molecule has 1 aromatic heterocycles. The molecule has 2 aliphatic heterocycles. The van der Waals surface area contributed by atoms with E-state index in [-0.39, 0.29) is 12.4 Å². The third kappa shape index (κ3) is 5.71. The molecule has 11 nitrogen and oxygen atoms in total. The zero-order valence-electron chi connectivity index (χ0n) is 24.0. The van der Waals surface area contributed by atoms with Gasteiger partial charge in [0, 0.05) is 69.4 Å². The molecule has 3 N–H and O–H groups in total. The molecule has 1 fully saturated rings. The van der Waals surface area contributed by atoms with E-state index in [1.807, 2.05) is 12.1 Å². The molecule has 42 heavy (non-hydrogen) atoms. The smallest absolute Gasteiger partial charge is 0.258 e. The fourth-order valence-corrected chi connectivity index (χ4v) is 7.15. The summed E-state index contributed by atoms with van der Waals surface area (Å²) in [5, 5.41) is 13.2. The lowest BCUT2D eigenvalue weighted by atomic mass is 10.0. The fraction of sp³-hybridized carbons (Fsp3) is 0.429. The molecule has 0 spiro atoms. The van der Waals surface area contributed by atoms with E-state index in [4.69, 9.17) is 4.74 Å². The van der Waals surface area contributed by atoms with Crippen LogP contribution >= 0.6 is 0 Å². The van der Waals surface area contributed by atoms with Crippen molar-refractivity contribution < 1.29 is 26.7 Å². The minimum Gasteiger partial charge on any atom is -0.383 e. The molecule has 0 saturated carbocycles. The van der Waals surface area contributed by atoms with E-state index in [0.29, 0.717) is 41.7 Å². The largest absolute Gasteiger partial charge is 0.383 e. The molecular formula is C28H35F2N7O4S. The Morgan fingerprint density at radius 3 is 2.45 bits per heavy atom. The predicted molar refractivity (Wildman–Crippen MR) is 155 cm³/mol. The number of methoxy groups -OCH3 is 1. The number of fused-ring (bicyclic) bond motifs is 1. The summed E-state index contributed by atoms with van der Waals surface area (Å²) in [4.78, 5) is 17.6. The first-order chi connectivity index (χ1) is 19.9. The lowest BCUT2D eigenvalue weighted by Crippen LogP contribution is -2.44. The Hall–Kier alpha value is -3.59. The second-order valence-electron chi connectivity index (χ2n) is 11.0. The highest BCUT2D eigenvalue weighted by atomic mass is 32.2. The van der Waals surface area contributed by atoms with Gasteiger partial charge in [0.05, 0.1) is 28.3 Å². The Morgan fingerprint density at radius 2 is 1.79 bits per heavy atom. The van der Waals surface area contributed by atoms with E-state index in [2.05, 4.69) is 37.7 Å². The van der Waals surface area contributed by atoms with Crippen LogP contribution in [0.3, 0.4) is 0 Å². The van der Waals surface area contributed by atoms with Crippen molar-refractivity contribution >= 4 is 33.1 Å². The topological polar surface area (TPSA) is 123 Å². The Bertz CT molecular complexity index is 1570. The van der Waals surface area contributed by atoms with E-state index in [1.165, 1.54) is 0 Å². The molecule has 0 atom stereocenters. The molecule has 0 unspecified atom stereocenters. The maximum atomic E-state index is 13.9. The zero-order valence-corrected chi connectivity index (χ0v) is 24.8. The highest BCUT2D eigenvalue weighted by molar-refractivity contribution is 7.89. The molecule has 3 heterocycles. The summed E-state index contributed by atoms with van der Waals surface area (Å²) < 4.78 is 61.0. The van der Waals surface area contributed by atoms with Gasteiger partial charge in [-0.2, -0.15) is 9.40 Å². The number of carbonyl (C=O) groups excluding carboxylic acids is 1. The lowest BCUT2D eigenvalue weighted by molar-refractivity contribution is 0.102. The van der Waals surface area contributed by atoms with Gasteiger partial charge < -0.3 is 25.2 Å². The number of ether oxygens (including phenoxy) is 1. The molecule has 0 aliphatic carbocycles. The number of H-pyrrole nitrogens is 1. The highest BCUT2D eigenvalue weighted by Crippen LogP contribution is 2.44. The molecule has 0 radical (unpaired) electrons. The number of nitrogens with one attached hydrogen (secondary N) is 3. The zero-order chi connectivity index (χ0) is 30.2. The first kappa shape index (κ1) is 29.9. The number of benzene rings is 2. The van der Waals surface area contributed by atoms with Gasteiger partial charge in [0.2, 0.25) is 10.0 Å². The average molecular weight is 604 g/mol.